The molecule has 2 heterocycles. The van der Waals surface area contributed by atoms with Crippen molar-refractivity contribution in [1.82, 2.24) is 5.32 Å². The third-order valence-electron chi connectivity index (χ3n) is 3.20. The molecule has 0 aromatic heterocycles. The van der Waals surface area contributed by atoms with Crippen LogP contribution in [0.3, 0.4) is 0 Å². The first-order valence-corrected chi connectivity index (χ1v) is 8.05. The van der Waals surface area contributed by atoms with Crippen molar-refractivity contribution in [2.75, 3.05) is 11.9 Å². The zero-order chi connectivity index (χ0) is 15.9. The highest BCUT2D eigenvalue weighted by atomic mass is 32.2. The Hall–Kier alpha value is -2.00. The molecule has 0 bridgehead atoms. The smallest absolute Gasteiger partial charge is 0.286 e. The molecule has 9 heteroatoms. The van der Waals surface area contributed by atoms with Crippen LogP contribution in [0.2, 0.25) is 0 Å². The molecule has 0 aliphatic carbocycles. The van der Waals surface area contributed by atoms with Crippen molar-refractivity contribution in [1.29, 1.82) is 0 Å². The van der Waals surface area contributed by atoms with E-state index in [-0.39, 0.29) is 5.75 Å². The van der Waals surface area contributed by atoms with Crippen molar-refractivity contribution in [2.24, 2.45) is 4.99 Å². The number of hydrogen-bond acceptors (Lipinski definition) is 7. The molecule has 2 N–H and O–H groups in total. The van der Waals surface area contributed by atoms with Crippen molar-refractivity contribution in [3.8, 4) is 5.75 Å². The maximum Gasteiger partial charge on any atom is 0.286 e. The minimum absolute atomic E-state index is 0.143. The highest BCUT2D eigenvalue weighted by molar-refractivity contribution is 8.19. The lowest BCUT2D eigenvalue weighted by Gasteiger charge is -2.19. The average Bonchev–Trinajstić information content (AvgIpc) is 3.01. The highest BCUT2D eigenvalue weighted by Crippen LogP contribution is 2.36. The number of amides is 3. The molecule has 3 rings (SSSR count). The first-order chi connectivity index (χ1) is 10.5. The molecule has 2 aliphatic rings. The molecule has 1 fully saturated rings. The van der Waals surface area contributed by atoms with Crippen LogP contribution in [0.4, 0.5) is 10.5 Å². The average molecular weight is 337 g/mol. The number of anilines is 1. The third-order valence-corrected chi connectivity index (χ3v) is 5.73. The van der Waals surface area contributed by atoms with Crippen molar-refractivity contribution in [2.45, 2.75) is 10.5 Å². The number of imide groups is 1. The molecular weight excluding hydrogens is 326 g/mol. The van der Waals surface area contributed by atoms with Crippen LogP contribution in [0, 0.1) is 0 Å². The fraction of sp³-hybridized carbons (Fsp3) is 0.231. The monoisotopic (exact) mass is 337 g/mol. The minimum Gasteiger partial charge on any atom is -0.508 e. The molecule has 114 valence electrons. The minimum atomic E-state index is -0.750. The molecule has 0 spiro atoms. The second-order valence-corrected chi connectivity index (χ2v) is 6.88. The van der Waals surface area contributed by atoms with E-state index in [0.29, 0.717) is 5.17 Å². The van der Waals surface area contributed by atoms with E-state index in [1.165, 1.54) is 12.1 Å². The Labute approximate surface area is 134 Å². The molecular formula is C13H11N3O4S2. The summed E-state index contributed by atoms with van der Waals surface area (Å²) in [7, 11) is 1.74. The lowest BCUT2D eigenvalue weighted by molar-refractivity contribution is -0.122. The Kier molecular flexibility index (Phi) is 3.83. The van der Waals surface area contributed by atoms with Gasteiger partial charge in [0.1, 0.15) is 16.2 Å². The van der Waals surface area contributed by atoms with Crippen LogP contribution in [0.5, 0.6) is 5.75 Å². The molecule has 0 radical (unpaired) electrons. The molecule has 2 aliphatic heterocycles. The fourth-order valence-corrected chi connectivity index (χ4v) is 4.21. The molecule has 2 atom stereocenters. The van der Waals surface area contributed by atoms with Gasteiger partial charge in [0.15, 0.2) is 5.17 Å². The van der Waals surface area contributed by atoms with E-state index in [0.717, 1.165) is 29.2 Å². The number of phenols is 1. The predicted octanol–water partition coefficient (Wildman–Crippen LogP) is 1.18. The molecule has 1 saturated heterocycles. The van der Waals surface area contributed by atoms with Gasteiger partial charge in [-0.2, -0.15) is 4.99 Å². The van der Waals surface area contributed by atoms with Crippen LogP contribution in [-0.2, 0) is 9.59 Å². The van der Waals surface area contributed by atoms with E-state index >= 15 is 0 Å². The number of aliphatic imine (C=N–C) groups is 1. The van der Waals surface area contributed by atoms with Crippen molar-refractivity contribution >= 4 is 51.4 Å². The summed E-state index contributed by atoms with van der Waals surface area (Å²) in [5.74, 6) is -0.734. The van der Waals surface area contributed by atoms with Crippen LogP contribution in [0.1, 0.15) is 0 Å². The summed E-state index contributed by atoms with van der Waals surface area (Å²) in [5.41, 5.74) is 0.747. The molecule has 0 unspecified atom stereocenters. The number of phenolic OH excluding ortho intramolecular Hbond substituents is 1. The van der Waals surface area contributed by atoms with E-state index in [1.54, 1.807) is 24.1 Å². The number of rotatable bonds is 2. The number of aromatic hydroxyl groups is 1. The zero-order valence-electron chi connectivity index (χ0n) is 11.3. The summed E-state index contributed by atoms with van der Waals surface area (Å²) in [6.45, 7) is 0. The Morgan fingerprint density at radius 2 is 1.82 bits per heavy atom. The Morgan fingerprint density at radius 3 is 2.41 bits per heavy atom. The maximum absolute atomic E-state index is 12.0. The summed E-state index contributed by atoms with van der Waals surface area (Å²) in [6.07, 6.45) is 0. The van der Waals surface area contributed by atoms with E-state index in [2.05, 4.69) is 10.3 Å². The third kappa shape index (κ3) is 2.69. The number of carbonyl (C=O) groups excluding carboxylic acids is 3. The summed E-state index contributed by atoms with van der Waals surface area (Å²) in [6, 6.07) is 6.45. The number of amidine groups is 1. The predicted molar refractivity (Wildman–Crippen MR) is 85.2 cm³/mol. The number of benzene rings is 1. The topological polar surface area (TPSA) is 99.1 Å². The standard InChI is InChI=1S/C13H11N3O4S2/c1-16(6-2-4-7(17)5-3-6)12-14-10(18)8(21-12)9-11(19)15-13(20)22-9/h2-5,8-9,17H,1H3,(H,15,19,20)/t8-,9+/m1/s1. The first kappa shape index (κ1) is 14.9. The van der Waals surface area contributed by atoms with Crippen LogP contribution >= 0.6 is 23.5 Å². The number of nitrogens with zero attached hydrogens (tertiary/aromatic N) is 2. The van der Waals surface area contributed by atoms with Gasteiger partial charge in [-0.25, -0.2) is 0 Å². The van der Waals surface area contributed by atoms with Gasteiger partial charge in [0.25, 0.3) is 11.1 Å². The Morgan fingerprint density at radius 1 is 1.14 bits per heavy atom. The molecule has 3 amide bonds. The molecule has 0 saturated carbocycles. The summed E-state index contributed by atoms with van der Waals surface area (Å²) in [5, 5.41) is 10.0. The Balaban J connectivity index is 1.76. The molecule has 1 aromatic rings. The summed E-state index contributed by atoms with van der Waals surface area (Å²) < 4.78 is 0. The van der Waals surface area contributed by atoms with Gasteiger partial charge >= 0.3 is 0 Å². The van der Waals surface area contributed by atoms with Crippen LogP contribution in [0.15, 0.2) is 29.3 Å². The maximum atomic E-state index is 12.0. The van der Waals surface area contributed by atoms with E-state index < -0.39 is 27.6 Å². The number of carbonyl (C=O) groups is 3. The highest BCUT2D eigenvalue weighted by Gasteiger charge is 2.45. The quantitative estimate of drug-likeness (QED) is 0.836. The normalized spacial score (nSPS) is 24.4. The van der Waals surface area contributed by atoms with Gasteiger partial charge in [-0.05, 0) is 36.0 Å². The van der Waals surface area contributed by atoms with E-state index in [9.17, 15) is 19.5 Å². The molecule has 1 aromatic carbocycles. The summed E-state index contributed by atoms with van der Waals surface area (Å²) in [4.78, 5) is 40.6. The fourth-order valence-electron chi connectivity index (χ4n) is 2.05. The van der Waals surface area contributed by atoms with Gasteiger partial charge in [-0.15, -0.1) is 0 Å². The van der Waals surface area contributed by atoms with Gasteiger partial charge in [0.05, 0.1) is 0 Å². The second kappa shape index (κ2) is 5.65. The van der Waals surface area contributed by atoms with Gasteiger partial charge in [0, 0.05) is 12.7 Å². The van der Waals surface area contributed by atoms with Gasteiger partial charge in [-0.3, -0.25) is 19.7 Å². The first-order valence-electron chi connectivity index (χ1n) is 6.29. The number of hydrogen-bond donors (Lipinski definition) is 2. The van der Waals surface area contributed by atoms with Crippen LogP contribution < -0.4 is 10.2 Å². The van der Waals surface area contributed by atoms with Gasteiger partial charge < -0.3 is 10.0 Å². The molecule has 22 heavy (non-hydrogen) atoms. The van der Waals surface area contributed by atoms with Crippen molar-refractivity contribution in [3.05, 3.63) is 24.3 Å². The van der Waals surface area contributed by atoms with Crippen LogP contribution in [-0.4, -0.2) is 44.9 Å². The zero-order valence-corrected chi connectivity index (χ0v) is 13.0. The SMILES string of the molecule is CN(C1=NC(=O)[C@@H]([C@@H]2SC(=O)NC2=O)S1)c1ccc(O)cc1. The summed E-state index contributed by atoms with van der Waals surface area (Å²) >= 11 is 1.98. The van der Waals surface area contributed by atoms with Crippen molar-refractivity contribution < 1.29 is 19.5 Å². The Bertz CT molecular complexity index is 689. The lowest BCUT2D eigenvalue weighted by atomic mass is 10.2. The number of thioether (sulfide) groups is 2. The van der Waals surface area contributed by atoms with E-state index in [1.807, 2.05) is 0 Å². The largest absolute Gasteiger partial charge is 0.508 e. The number of nitrogens with one attached hydrogen (secondary N) is 1. The van der Waals surface area contributed by atoms with Gasteiger partial charge in [-0.1, -0.05) is 11.8 Å². The van der Waals surface area contributed by atoms with Crippen LogP contribution in [0.25, 0.3) is 0 Å². The van der Waals surface area contributed by atoms with Crippen molar-refractivity contribution in [3.63, 3.8) is 0 Å². The molecule has 7 nitrogen and oxygen atoms in total. The second-order valence-electron chi connectivity index (χ2n) is 4.66. The van der Waals surface area contributed by atoms with E-state index in [4.69, 9.17) is 0 Å². The van der Waals surface area contributed by atoms with Gasteiger partial charge in [0.2, 0.25) is 5.91 Å². The lowest BCUT2D eigenvalue weighted by Crippen LogP contribution is -2.34.